The Balaban J connectivity index is 1.83. The first-order chi connectivity index (χ1) is 13.2. The predicted molar refractivity (Wildman–Crippen MR) is 109 cm³/mol. The quantitative estimate of drug-likeness (QED) is 0.607. The topological polar surface area (TPSA) is 32.8 Å². The van der Waals surface area contributed by atoms with Gasteiger partial charge in [0.1, 0.15) is 0 Å². The summed E-state index contributed by atoms with van der Waals surface area (Å²) in [6.45, 7) is 6.09. The fraction of sp³-hybridized carbons (Fsp3) is 0.174. The summed E-state index contributed by atoms with van der Waals surface area (Å²) in [5, 5.41) is 0. The van der Waals surface area contributed by atoms with Gasteiger partial charge < -0.3 is 9.64 Å². The Morgan fingerprint density at radius 3 is 2.26 bits per heavy atom. The number of carbonyl (C=O) groups excluding carboxylic acids is 1. The molecule has 3 aromatic carbocycles. The van der Waals surface area contributed by atoms with Gasteiger partial charge in [-0.15, -0.1) is 0 Å². The van der Waals surface area contributed by atoms with Crippen LogP contribution in [0.5, 0.6) is 11.5 Å². The normalized spacial score (nSPS) is 12.0. The van der Waals surface area contributed by atoms with E-state index in [9.17, 15) is 4.79 Å². The van der Waals surface area contributed by atoms with Gasteiger partial charge in [-0.2, -0.15) is 0 Å². The summed E-state index contributed by atoms with van der Waals surface area (Å²) in [6, 6.07) is 23.0. The predicted octanol–water partition coefficient (Wildman–Crippen LogP) is 5.62. The maximum Gasteiger partial charge on any atom is 0.263 e. The van der Waals surface area contributed by atoms with Crippen LogP contribution >= 0.6 is 0 Å². The van der Waals surface area contributed by atoms with Crippen LogP contribution in [0.3, 0.4) is 0 Å². The molecule has 27 heavy (non-hydrogen) atoms. The lowest BCUT2D eigenvalue weighted by Crippen LogP contribution is -2.29. The van der Waals surface area contributed by atoms with Crippen molar-refractivity contribution in [3.05, 3.63) is 78.4 Å². The van der Waals surface area contributed by atoms with Crippen molar-refractivity contribution in [2.24, 2.45) is 0 Å². The molecule has 0 unspecified atom stereocenters. The van der Waals surface area contributed by atoms with Gasteiger partial charge in [-0.05, 0) is 50.2 Å². The number of anilines is 3. The molecule has 136 valence electrons. The second-order valence-corrected chi connectivity index (χ2v) is 6.40. The summed E-state index contributed by atoms with van der Waals surface area (Å²) in [4.78, 5) is 17.3. The Kier molecular flexibility index (Phi) is 4.55. The van der Waals surface area contributed by atoms with E-state index in [1.807, 2.05) is 66.7 Å². The minimum atomic E-state index is -0.0665. The molecule has 4 heteroatoms. The van der Waals surface area contributed by atoms with Crippen molar-refractivity contribution in [1.29, 1.82) is 0 Å². The molecule has 0 N–H and O–H groups in total. The van der Waals surface area contributed by atoms with Crippen molar-refractivity contribution >= 4 is 23.0 Å². The number of nitrogens with zero attached hydrogens (tertiary/aromatic N) is 2. The Labute approximate surface area is 159 Å². The highest BCUT2D eigenvalue weighted by atomic mass is 16.5. The molecule has 0 saturated heterocycles. The average Bonchev–Trinajstić information content (AvgIpc) is 2.73. The number of rotatable bonds is 4. The molecule has 3 aromatic rings. The zero-order valence-electron chi connectivity index (χ0n) is 15.6. The molecule has 4 nitrogen and oxygen atoms in total. The van der Waals surface area contributed by atoms with Crippen molar-refractivity contribution in [1.82, 2.24) is 0 Å². The Morgan fingerprint density at radius 1 is 0.852 bits per heavy atom. The van der Waals surface area contributed by atoms with Gasteiger partial charge in [-0.3, -0.25) is 9.69 Å². The van der Waals surface area contributed by atoms with Crippen LogP contribution < -0.4 is 14.5 Å². The van der Waals surface area contributed by atoms with Gasteiger partial charge in [0.15, 0.2) is 11.5 Å². The number of fused-ring (bicyclic) bond motifs is 2. The summed E-state index contributed by atoms with van der Waals surface area (Å²) in [6.07, 6.45) is 0. The molecule has 0 atom stereocenters. The van der Waals surface area contributed by atoms with Gasteiger partial charge in [0.25, 0.3) is 5.91 Å². The Morgan fingerprint density at radius 2 is 1.52 bits per heavy atom. The summed E-state index contributed by atoms with van der Waals surface area (Å²) < 4.78 is 6.15. The molecule has 0 aromatic heterocycles. The number of amides is 1. The lowest BCUT2D eigenvalue weighted by Gasteiger charge is -2.32. The molecule has 0 bridgehead atoms. The van der Waals surface area contributed by atoms with E-state index in [1.54, 1.807) is 4.90 Å². The second kappa shape index (κ2) is 7.16. The maximum absolute atomic E-state index is 13.3. The molecule has 1 amide bonds. The van der Waals surface area contributed by atoms with Gasteiger partial charge in [0, 0.05) is 30.4 Å². The first kappa shape index (κ1) is 17.2. The number of hydrogen-bond acceptors (Lipinski definition) is 3. The third-order valence-corrected chi connectivity index (χ3v) is 4.86. The Hall–Kier alpha value is -3.27. The number of carbonyl (C=O) groups is 1. The fourth-order valence-corrected chi connectivity index (χ4v) is 3.46. The van der Waals surface area contributed by atoms with Crippen molar-refractivity contribution in [3.8, 4) is 11.5 Å². The number of ether oxygens (including phenoxy) is 1. The minimum absolute atomic E-state index is 0.0665. The number of benzene rings is 3. The van der Waals surface area contributed by atoms with E-state index in [4.69, 9.17) is 4.74 Å². The summed E-state index contributed by atoms with van der Waals surface area (Å²) in [5.74, 6) is 1.32. The first-order valence-electron chi connectivity index (χ1n) is 9.28. The molecule has 0 saturated carbocycles. The van der Waals surface area contributed by atoms with Gasteiger partial charge in [0.05, 0.1) is 11.4 Å². The molecule has 1 heterocycles. The lowest BCUT2D eigenvalue weighted by atomic mass is 10.1. The fourth-order valence-electron chi connectivity index (χ4n) is 3.46. The first-order valence-corrected chi connectivity index (χ1v) is 9.28. The van der Waals surface area contributed by atoms with E-state index in [1.165, 1.54) is 0 Å². The third-order valence-electron chi connectivity index (χ3n) is 4.86. The Bertz CT molecular complexity index is 965. The van der Waals surface area contributed by atoms with Gasteiger partial charge >= 0.3 is 0 Å². The van der Waals surface area contributed by atoms with E-state index in [0.29, 0.717) is 17.1 Å². The summed E-state index contributed by atoms with van der Waals surface area (Å²) in [7, 11) is 0. The van der Waals surface area contributed by atoms with Crippen LogP contribution in [0.25, 0.3) is 0 Å². The monoisotopic (exact) mass is 358 g/mol. The molecular weight excluding hydrogens is 336 g/mol. The molecule has 0 radical (unpaired) electrons. The van der Waals surface area contributed by atoms with Crippen LogP contribution in [0, 0.1) is 0 Å². The highest BCUT2D eigenvalue weighted by Gasteiger charge is 2.30. The van der Waals surface area contributed by atoms with Crippen LogP contribution in [0.15, 0.2) is 72.8 Å². The highest BCUT2D eigenvalue weighted by molar-refractivity contribution is 6.13. The van der Waals surface area contributed by atoms with Crippen molar-refractivity contribution in [2.75, 3.05) is 22.9 Å². The van der Waals surface area contributed by atoms with Crippen LogP contribution in [-0.4, -0.2) is 19.0 Å². The maximum atomic E-state index is 13.3. The summed E-state index contributed by atoms with van der Waals surface area (Å²) >= 11 is 0. The van der Waals surface area contributed by atoms with E-state index in [-0.39, 0.29) is 5.91 Å². The number of para-hydroxylation sites is 2. The number of hydrogen-bond donors (Lipinski definition) is 0. The van der Waals surface area contributed by atoms with Gasteiger partial charge in [0.2, 0.25) is 0 Å². The minimum Gasteiger partial charge on any atom is -0.453 e. The molecule has 4 rings (SSSR count). The van der Waals surface area contributed by atoms with E-state index < -0.39 is 0 Å². The summed E-state index contributed by atoms with van der Waals surface area (Å²) in [5.41, 5.74) is 3.26. The van der Waals surface area contributed by atoms with E-state index >= 15 is 0 Å². The van der Waals surface area contributed by atoms with Gasteiger partial charge in [-0.1, -0.05) is 30.3 Å². The van der Waals surface area contributed by atoms with Crippen molar-refractivity contribution in [3.63, 3.8) is 0 Å². The molecular formula is C23H22N2O2. The average molecular weight is 358 g/mol. The van der Waals surface area contributed by atoms with Crippen LogP contribution in [0.4, 0.5) is 17.1 Å². The van der Waals surface area contributed by atoms with Crippen molar-refractivity contribution in [2.45, 2.75) is 13.8 Å². The zero-order valence-corrected chi connectivity index (χ0v) is 15.6. The smallest absolute Gasteiger partial charge is 0.263 e. The molecule has 0 spiro atoms. The van der Waals surface area contributed by atoms with Crippen molar-refractivity contribution < 1.29 is 9.53 Å². The van der Waals surface area contributed by atoms with Gasteiger partial charge in [-0.25, -0.2) is 0 Å². The zero-order chi connectivity index (χ0) is 18.8. The highest BCUT2D eigenvalue weighted by Crippen LogP contribution is 2.48. The SMILES string of the molecule is CCN(CC)c1ccc2c(c1)Oc1ccccc1N2C(=O)c1ccccc1. The van der Waals surface area contributed by atoms with Crippen LogP contribution in [-0.2, 0) is 0 Å². The lowest BCUT2D eigenvalue weighted by molar-refractivity contribution is 0.0997. The van der Waals surface area contributed by atoms with Crippen LogP contribution in [0.1, 0.15) is 24.2 Å². The van der Waals surface area contributed by atoms with E-state index in [2.05, 4.69) is 24.8 Å². The molecule has 1 aliphatic rings. The van der Waals surface area contributed by atoms with Crippen LogP contribution in [0.2, 0.25) is 0 Å². The standard InChI is InChI=1S/C23H22N2O2/c1-3-24(4-2)18-14-15-20-22(16-18)27-21-13-9-8-12-19(21)25(20)23(26)17-10-6-5-7-11-17/h5-16H,3-4H2,1-2H3. The second-order valence-electron chi connectivity index (χ2n) is 6.40. The van der Waals surface area contributed by atoms with E-state index in [0.717, 1.165) is 30.2 Å². The third kappa shape index (κ3) is 3.04. The molecule has 0 aliphatic carbocycles. The largest absolute Gasteiger partial charge is 0.453 e. The molecule has 0 fully saturated rings. The molecule has 1 aliphatic heterocycles.